The zero-order valence-corrected chi connectivity index (χ0v) is 6.85. The van der Waals surface area contributed by atoms with Gasteiger partial charge in [0.1, 0.15) is 0 Å². The van der Waals surface area contributed by atoms with Crippen LogP contribution in [0.1, 0.15) is 6.42 Å². The molecule has 0 heterocycles. The summed E-state index contributed by atoms with van der Waals surface area (Å²) in [5.41, 5.74) is 0. The lowest BCUT2D eigenvalue weighted by Crippen LogP contribution is -2.19. The Morgan fingerprint density at radius 3 is 1.56 bits per heavy atom. The molecule has 4 heteroatoms. The molecule has 0 aromatic rings. The Balaban J connectivity index is 3.22. The Hall–Kier alpha value is 0.620. The minimum absolute atomic E-state index is 0.368. The van der Waals surface area contributed by atoms with Crippen LogP contribution in [0.5, 0.6) is 0 Å². The minimum atomic E-state index is -0.504. The van der Waals surface area contributed by atoms with E-state index in [1.165, 1.54) is 0 Å². The lowest BCUT2D eigenvalue weighted by molar-refractivity contribution is 0.107. The van der Waals surface area contributed by atoms with Crippen LogP contribution in [0.2, 0.25) is 0 Å². The normalized spacial score (nSPS) is 17.3. The third-order valence-electron chi connectivity index (χ3n) is 0.966. The lowest BCUT2D eigenvalue weighted by atomic mass is 10.2. The highest BCUT2D eigenvalue weighted by Gasteiger charge is 2.07. The molecule has 0 rings (SSSR count). The second kappa shape index (κ2) is 5.41. The van der Waals surface area contributed by atoms with Crippen LogP contribution in [0.25, 0.3) is 0 Å². The van der Waals surface area contributed by atoms with Crippen molar-refractivity contribution in [1.82, 2.24) is 0 Å². The summed E-state index contributed by atoms with van der Waals surface area (Å²) in [5.74, 6) is 0.787. The summed E-state index contributed by atoms with van der Waals surface area (Å²) in [6.07, 6.45) is -0.640. The van der Waals surface area contributed by atoms with Gasteiger partial charge in [0.2, 0.25) is 0 Å². The number of rotatable bonds is 4. The van der Waals surface area contributed by atoms with Crippen molar-refractivity contribution in [2.75, 3.05) is 11.5 Å². The first-order chi connectivity index (χ1) is 4.20. The molecular formula is C5H12O2S2. The summed E-state index contributed by atoms with van der Waals surface area (Å²) >= 11 is 7.69. The SMILES string of the molecule is OC(CS)CC(O)CS. The van der Waals surface area contributed by atoms with E-state index in [0.717, 1.165) is 0 Å². The van der Waals surface area contributed by atoms with Gasteiger partial charge >= 0.3 is 0 Å². The zero-order chi connectivity index (χ0) is 7.28. The second-order valence-corrected chi connectivity index (χ2v) is 2.64. The maximum atomic E-state index is 8.89. The number of hydrogen-bond acceptors (Lipinski definition) is 4. The second-order valence-electron chi connectivity index (χ2n) is 1.91. The highest BCUT2D eigenvalue weighted by Crippen LogP contribution is 2.00. The predicted molar refractivity (Wildman–Crippen MR) is 44.3 cm³/mol. The van der Waals surface area contributed by atoms with Crippen LogP contribution in [0.4, 0.5) is 0 Å². The smallest absolute Gasteiger partial charge is 0.0653 e. The van der Waals surface area contributed by atoms with E-state index in [1.807, 2.05) is 0 Å². The van der Waals surface area contributed by atoms with Crippen molar-refractivity contribution in [3.05, 3.63) is 0 Å². The molecule has 0 spiro atoms. The lowest BCUT2D eigenvalue weighted by Gasteiger charge is -2.10. The van der Waals surface area contributed by atoms with Gasteiger partial charge in [-0.25, -0.2) is 0 Å². The van der Waals surface area contributed by atoms with Crippen molar-refractivity contribution >= 4 is 25.3 Å². The summed E-state index contributed by atoms with van der Waals surface area (Å²) in [6, 6.07) is 0. The molecule has 0 aliphatic heterocycles. The van der Waals surface area contributed by atoms with Gasteiger partial charge in [-0.1, -0.05) is 0 Å². The third-order valence-corrected chi connectivity index (χ3v) is 1.81. The topological polar surface area (TPSA) is 40.5 Å². The van der Waals surface area contributed by atoms with Gasteiger partial charge in [-0.2, -0.15) is 25.3 Å². The molecule has 0 saturated carbocycles. The van der Waals surface area contributed by atoms with Crippen molar-refractivity contribution in [1.29, 1.82) is 0 Å². The number of hydrogen-bond donors (Lipinski definition) is 4. The van der Waals surface area contributed by atoms with Gasteiger partial charge in [0.15, 0.2) is 0 Å². The van der Waals surface area contributed by atoms with Gasteiger partial charge in [-0.15, -0.1) is 0 Å². The van der Waals surface area contributed by atoms with Crippen LogP contribution in [0, 0.1) is 0 Å². The van der Waals surface area contributed by atoms with Crippen LogP contribution >= 0.6 is 25.3 Å². The fourth-order valence-corrected chi connectivity index (χ4v) is 0.761. The van der Waals surface area contributed by atoms with E-state index >= 15 is 0 Å². The highest BCUT2D eigenvalue weighted by molar-refractivity contribution is 7.80. The minimum Gasteiger partial charge on any atom is -0.392 e. The Morgan fingerprint density at radius 2 is 1.33 bits per heavy atom. The summed E-state index contributed by atoms with van der Waals surface area (Å²) in [6.45, 7) is 0. The first kappa shape index (κ1) is 9.62. The maximum Gasteiger partial charge on any atom is 0.0653 e. The summed E-state index contributed by atoms with van der Waals surface area (Å²) in [5, 5.41) is 17.8. The van der Waals surface area contributed by atoms with Gasteiger partial charge in [-0.05, 0) is 0 Å². The molecule has 0 radical (unpaired) electrons. The van der Waals surface area contributed by atoms with E-state index in [4.69, 9.17) is 10.2 Å². The molecule has 0 aliphatic rings. The van der Waals surface area contributed by atoms with Crippen LogP contribution in [0.3, 0.4) is 0 Å². The van der Waals surface area contributed by atoms with Gasteiger partial charge in [0, 0.05) is 17.9 Å². The van der Waals surface area contributed by atoms with Gasteiger partial charge in [0.25, 0.3) is 0 Å². The number of aliphatic hydroxyl groups is 2. The standard InChI is InChI=1S/C5H12O2S2/c6-4(2-8)1-5(7)3-9/h4-9H,1-3H2. The molecule has 0 fully saturated rings. The van der Waals surface area contributed by atoms with E-state index < -0.39 is 12.2 Å². The molecule has 0 saturated heterocycles. The van der Waals surface area contributed by atoms with E-state index in [2.05, 4.69) is 25.3 Å². The average Bonchev–Trinajstić information content (AvgIpc) is 1.87. The van der Waals surface area contributed by atoms with E-state index in [0.29, 0.717) is 17.9 Å². The van der Waals surface area contributed by atoms with Crippen LogP contribution < -0.4 is 0 Å². The first-order valence-corrected chi connectivity index (χ1v) is 4.05. The van der Waals surface area contributed by atoms with Gasteiger partial charge in [-0.3, -0.25) is 0 Å². The quantitative estimate of drug-likeness (QED) is 0.445. The molecule has 56 valence electrons. The summed E-state index contributed by atoms with van der Waals surface area (Å²) in [4.78, 5) is 0. The van der Waals surface area contributed by atoms with Crippen LogP contribution in [-0.2, 0) is 0 Å². The Kier molecular flexibility index (Phi) is 5.78. The molecule has 2 nitrogen and oxygen atoms in total. The van der Waals surface area contributed by atoms with Crippen molar-refractivity contribution in [3.63, 3.8) is 0 Å². The third kappa shape index (κ3) is 5.08. The molecule has 2 N–H and O–H groups in total. The number of aliphatic hydroxyl groups excluding tert-OH is 2. The van der Waals surface area contributed by atoms with E-state index in [9.17, 15) is 0 Å². The van der Waals surface area contributed by atoms with E-state index in [1.54, 1.807) is 0 Å². The van der Waals surface area contributed by atoms with Crippen molar-refractivity contribution in [2.24, 2.45) is 0 Å². The average molecular weight is 168 g/mol. The molecule has 0 aromatic carbocycles. The first-order valence-electron chi connectivity index (χ1n) is 2.78. The molecular weight excluding hydrogens is 156 g/mol. The maximum absolute atomic E-state index is 8.89. The summed E-state index contributed by atoms with van der Waals surface area (Å²) in [7, 11) is 0. The summed E-state index contributed by atoms with van der Waals surface area (Å²) < 4.78 is 0. The van der Waals surface area contributed by atoms with Crippen molar-refractivity contribution in [2.45, 2.75) is 18.6 Å². The molecule has 0 aliphatic carbocycles. The number of thiol groups is 2. The largest absolute Gasteiger partial charge is 0.392 e. The monoisotopic (exact) mass is 168 g/mol. The molecule has 2 unspecified atom stereocenters. The van der Waals surface area contributed by atoms with Crippen LogP contribution in [-0.4, -0.2) is 33.9 Å². The van der Waals surface area contributed by atoms with Crippen molar-refractivity contribution in [3.8, 4) is 0 Å². The zero-order valence-electron chi connectivity index (χ0n) is 5.06. The molecule has 9 heavy (non-hydrogen) atoms. The Labute approximate surface area is 66.1 Å². The highest BCUT2D eigenvalue weighted by atomic mass is 32.1. The molecule has 0 aromatic heterocycles. The molecule has 2 atom stereocenters. The Morgan fingerprint density at radius 1 is 1.00 bits per heavy atom. The van der Waals surface area contributed by atoms with Gasteiger partial charge in [0.05, 0.1) is 12.2 Å². The van der Waals surface area contributed by atoms with Crippen molar-refractivity contribution < 1.29 is 10.2 Å². The predicted octanol–water partition coefficient (Wildman–Crippen LogP) is -0.0421. The van der Waals surface area contributed by atoms with E-state index in [-0.39, 0.29) is 0 Å². The van der Waals surface area contributed by atoms with Crippen LogP contribution in [0.15, 0.2) is 0 Å². The Bertz CT molecular complexity index is 62.0. The van der Waals surface area contributed by atoms with Gasteiger partial charge < -0.3 is 10.2 Å². The molecule has 0 bridgehead atoms. The molecule has 0 amide bonds. The fraction of sp³-hybridized carbons (Fsp3) is 1.00. The fourth-order valence-electron chi connectivity index (χ4n) is 0.463.